The first-order chi connectivity index (χ1) is 13.9. The second-order valence-corrected chi connectivity index (χ2v) is 7.48. The first-order valence-electron chi connectivity index (χ1n) is 10.1. The number of aromatic nitrogens is 1. The molecule has 0 aliphatic carbocycles. The van der Waals surface area contributed by atoms with Gasteiger partial charge >= 0.3 is 0 Å². The van der Waals surface area contributed by atoms with Gasteiger partial charge in [0.25, 0.3) is 11.8 Å². The normalized spacial score (nSPS) is 17.9. The summed E-state index contributed by atoms with van der Waals surface area (Å²) in [5, 5.41) is 0. The van der Waals surface area contributed by atoms with Gasteiger partial charge in [0.05, 0.1) is 6.04 Å². The molecule has 2 aromatic rings. The molecule has 0 N–H and O–H groups in total. The van der Waals surface area contributed by atoms with Gasteiger partial charge in [0.2, 0.25) is 0 Å². The minimum Gasteiger partial charge on any atom is -0.369 e. The Hall–Kier alpha value is -2.73. The zero-order valence-corrected chi connectivity index (χ0v) is 17.6. The van der Waals surface area contributed by atoms with E-state index in [9.17, 15) is 9.59 Å². The number of hydrogen-bond donors (Lipinski definition) is 0. The van der Waals surface area contributed by atoms with Crippen LogP contribution >= 0.6 is 0 Å². The second-order valence-electron chi connectivity index (χ2n) is 7.48. The van der Waals surface area contributed by atoms with Crippen molar-refractivity contribution in [1.82, 2.24) is 14.8 Å². The van der Waals surface area contributed by atoms with Crippen LogP contribution in [0.15, 0.2) is 42.7 Å². The van der Waals surface area contributed by atoms with E-state index in [1.54, 1.807) is 19.3 Å². The Kier molecular flexibility index (Phi) is 6.64. The number of carbonyl (C=O) groups is 2. The number of ether oxygens (including phenoxy) is 1. The summed E-state index contributed by atoms with van der Waals surface area (Å²) in [7, 11) is 0. The molecule has 154 valence electrons. The molecule has 2 heterocycles. The van der Waals surface area contributed by atoms with Crippen LogP contribution in [-0.4, -0.2) is 58.9 Å². The van der Waals surface area contributed by atoms with Crippen LogP contribution in [0.5, 0.6) is 0 Å². The fourth-order valence-corrected chi connectivity index (χ4v) is 3.71. The first-order valence-corrected chi connectivity index (χ1v) is 10.1. The van der Waals surface area contributed by atoms with Crippen LogP contribution in [0.3, 0.4) is 0 Å². The summed E-state index contributed by atoms with van der Waals surface area (Å²) < 4.78 is 5.52. The Bertz CT molecular complexity index is 869. The van der Waals surface area contributed by atoms with E-state index in [-0.39, 0.29) is 17.9 Å². The Balaban J connectivity index is 1.85. The molecule has 0 saturated carbocycles. The zero-order valence-electron chi connectivity index (χ0n) is 17.6. The summed E-state index contributed by atoms with van der Waals surface area (Å²) >= 11 is 0. The van der Waals surface area contributed by atoms with Gasteiger partial charge < -0.3 is 14.5 Å². The maximum absolute atomic E-state index is 13.1. The minimum absolute atomic E-state index is 0.00267. The van der Waals surface area contributed by atoms with E-state index in [4.69, 9.17) is 4.74 Å². The van der Waals surface area contributed by atoms with Crippen molar-refractivity contribution >= 4 is 11.8 Å². The Labute approximate surface area is 172 Å². The van der Waals surface area contributed by atoms with Crippen LogP contribution in [0.25, 0.3) is 0 Å². The minimum atomic E-state index is -0.508. The second kappa shape index (κ2) is 9.18. The van der Waals surface area contributed by atoms with Crippen LogP contribution in [0.2, 0.25) is 0 Å². The maximum atomic E-state index is 13.1. The highest BCUT2D eigenvalue weighted by Gasteiger charge is 2.35. The van der Waals surface area contributed by atoms with Gasteiger partial charge in [-0.05, 0) is 68.7 Å². The topological polar surface area (TPSA) is 62.7 Å². The van der Waals surface area contributed by atoms with Crippen molar-refractivity contribution in [3.05, 3.63) is 65.0 Å². The number of rotatable bonds is 5. The van der Waals surface area contributed by atoms with Crippen molar-refractivity contribution in [3.8, 4) is 0 Å². The predicted molar refractivity (Wildman–Crippen MR) is 112 cm³/mol. The molecule has 1 aliphatic heterocycles. The monoisotopic (exact) mass is 395 g/mol. The lowest BCUT2D eigenvalue weighted by Crippen LogP contribution is -2.54. The fraction of sp³-hybridized carbons (Fsp3) is 0.435. The lowest BCUT2D eigenvalue weighted by Gasteiger charge is -2.42. The Morgan fingerprint density at radius 1 is 1.14 bits per heavy atom. The van der Waals surface area contributed by atoms with Gasteiger partial charge in [0.15, 0.2) is 0 Å². The highest BCUT2D eigenvalue weighted by atomic mass is 16.5. The highest BCUT2D eigenvalue weighted by molar-refractivity contribution is 5.94. The van der Waals surface area contributed by atoms with Gasteiger partial charge in [-0.1, -0.05) is 6.07 Å². The number of aryl methyl sites for hydroxylation is 2. The molecule has 1 saturated heterocycles. The van der Waals surface area contributed by atoms with Crippen molar-refractivity contribution in [2.45, 2.75) is 39.8 Å². The summed E-state index contributed by atoms with van der Waals surface area (Å²) in [5.41, 5.74) is 3.91. The van der Waals surface area contributed by atoms with Crippen molar-refractivity contribution in [2.24, 2.45) is 0 Å². The van der Waals surface area contributed by atoms with E-state index in [0.717, 1.165) is 16.7 Å². The van der Waals surface area contributed by atoms with Crippen molar-refractivity contribution < 1.29 is 14.3 Å². The molecule has 2 amide bonds. The number of hydrogen-bond acceptors (Lipinski definition) is 4. The summed E-state index contributed by atoms with van der Waals surface area (Å²) in [5.74, 6) is -0.0518. The molecule has 2 unspecified atom stereocenters. The summed E-state index contributed by atoms with van der Waals surface area (Å²) in [6.07, 6.45) is 2.92. The SMILES string of the molecule is CCOC(C)C(=O)N1CCN(C(=O)c2ccc(C)c(C)c2)CC1c1ccncc1. The molecule has 1 aromatic heterocycles. The number of pyridine rings is 1. The number of piperazine rings is 1. The van der Waals surface area contributed by atoms with Crippen molar-refractivity contribution in [1.29, 1.82) is 0 Å². The standard InChI is InChI=1S/C23H29N3O3/c1-5-29-18(4)22(27)26-13-12-25(15-21(26)19-8-10-24-11-9-19)23(28)20-7-6-16(2)17(3)14-20/h6-11,14,18,21H,5,12-13,15H2,1-4H3. The zero-order chi connectivity index (χ0) is 21.0. The maximum Gasteiger partial charge on any atom is 0.254 e. The average molecular weight is 396 g/mol. The van der Waals surface area contributed by atoms with Gasteiger partial charge in [0.1, 0.15) is 6.10 Å². The molecular formula is C23H29N3O3. The van der Waals surface area contributed by atoms with Gasteiger partial charge in [0, 0.05) is 44.2 Å². The van der Waals surface area contributed by atoms with Gasteiger partial charge in [-0.15, -0.1) is 0 Å². The third-order valence-electron chi connectivity index (χ3n) is 5.56. The molecular weight excluding hydrogens is 366 g/mol. The van der Waals surface area contributed by atoms with E-state index < -0.39 is 6.10 Å². The summed E-state index contributed by atoms with van der Waals surface area (Å²) in [4.78, 5) is 33.9. The van der Waals surface area contributed by atoms with Crippen molar-refractivity contribution in [2.75, 3.05) is 26.2 Å². The highest BCUT2D eigenvalue weighted by Crippen LogP contribution is 2.27. The quantitative estimate of drug-likeness (QED) is 0.780. The molecule has 2 atom stereocenters. The molecule has 6 nitrogen and oxygen atoms in total. The Morgan fingerprint density at radius 3 is 2.52 bits per heavy atom. The number of carbonyl (C=O) groups excluding carboxylic acids is 2. The third kappa shape index (κ3) is 4.65. The lowest BCUT2D eigenvalue weighted by atomic mass is 10.0. The number of benzene rings is 1. The summed E-state index contributed by atoms with van der Waals surface area (Å²) in [6.45, 7) is 9.60. The molecule has 6 heteroatoms. The van der Waals surface area contributed by atoms with E-state index in [2.05, 4.69) is 4.98 Å². The van der Waals surface area contributed by atoms with E-state index in [1.807, 2.05) is 60.9 Å². The molecule has 1 aliphatic rings. The van der Waals surface area contributed by atoms with Crippen molar-refractivity contribution in [3.63, 3.8) is 0 Å². The molecule has 0 spiro atoms. The van der Waals surface area contributed by atoms with Gasteiger partial charge in [-0.25, -0.2) is 0 Å². The first kappa shape index (κ1) is 21.0. The van der Waals surface area contributed by atoms with Crippen LogP contribution in [0.1, 0.15) is 46.9 Å². The molecule has 3 rings (SSSR count). The van der Waals surface area contributed by atoms with Crippen LogP contribution in [0, 0.1) is 13.8 Å². The lowest BCUT2D eigenvalue weighted by molar-refractivity contribution is -0.147. The fourth-order valence-electron chi connectivity index (χ4n) is 3.71. The molecule has 0 bridgehead atoms. The predicted octanol–water partition coefficient (Wildman–Crippen LogP) is 3.15. The molecule has 0 radical (unpaired) electrons. The largest absolute Gasteiger partial charge is 0.369 e. The van der Waals surface area contributed by atoms with E-state index in [1.165, 1.54) is 0 Å². The third-order valence-corrected chi connectivity index (χ3v) is 5.56. The Morgan fingerprint density at radius 2 is 1.86 bits per heavy atom. The van der Waals surface area contributed by atoms with Gasteiger partial charge in [-0.3, -0.25) is 14.6 Å². The number of amides is 2. The molecule has 29 heavy (non-hydrogen) atoms. The van der Waals surface area contributed by atoms with Gasteiger partial charge in [-0.2, -0.15) is 0 Å². The van der Waals surface area contributed by atoms with E-state index >= 15 is 0 Å². The van der Waals surface area contributed by atoms with E-state index in [0.29, 0.717) is 31.8 Å². The van der Waals surface area contributed by atoms with Crippen LogP contribution in [0.4, 0.5) is 0 Å². The average Bonchev–Trinajstić information content (AvgIpc) is 2.75. The smallest absolute Gasteiger partial charge is 0.254 e. The van der Waals surface area contributed by atoms with Crippen LogP contribution in [-0.2, 0) is 9.53 Å². The molecule has 1 fully saturated rings. The number of nitrogens with zero attached hydrogens (tertiary/aromatic N) is 3. The van der Waals surface area contributed by atoms with Crippen LogP contribution < -0.4 is 0 Å². The molecule has 1 aromatic carbocycles. The summed E-state index contributed by atoms with van der Waals surface area (Å²) in [6, 6.07) is 9.37.